The second-order valence-electron chi connectivity index (χ2n) is 5.98. The van der Waals surface area contributed by atoms with Crippen LogP contribution >= 0.6 is 0 Å². The highest BCUT2D eigenvalue weighted by atomic mass is 32.2. The van der Waals surface area contributed by atoms with Crippen LogP contribution in [-0.2, 0) is 27.1 Å². The van der Waals surface area contributed by atoms with Crippen molar-refractivity contribution in [2.75, 3.05) is 18.8 Å². The van der Waals surface area contributed by atoms with Crippen molar-refractivity contribution in [3.8, 4) is 0 Å². The normalized spacial score (nSPS) is 12.6. The van der Waals surface area contributed by atoms with Gasteiger partial charge in [-0.25, -0.2) is 25.9 Å². The van der Waals surface area contributed by atoms with Gasteiger partial charge in [0.05, 0.1) is 21.0 Å². The molecule has 0 radical (unpaired) electrons. The molecule has 9 nitrogen and oxygen atoms in total. The van der Waals surface area contributed by atoms with Crippen molar-refractivity contribution in [1.29, 1.82) is 0 Å². The average molecular weight is 411 g/mol. The third kappa shape index (κ3) is 3.48. The van der Waals surface area contributed by atoms with Crippen molar-refractivity contribution >= 4 is 36.8 Å². The van der Waals surface area contributed by atoms with Gasteiger partial charge in [-0.1, -0.05) is 6.07 Å². The van der Waals surface area contributed by atoms with E-state index in [1.54, 1.807) is 0 Å². The largest absolute Gasteiger partial charge is 0.419 e. The molecule has 0 saturated carbocycles. The molecule has 1 N–H and O–H groups in total. The van der Waals surface area contributed by atoms with E-state index in [-0.39, 0.29) is 21.1 Å². The number of sulfonamides is 2. The summed E-state index contributed by atoms with van der Waals surface area (Å²) in [5.74, 6) is -0.603. The number of benzene rings is 2. The SMILES string of the molecule is CN(C)S(=O)(=O)c1cccc(NS(=O)(=O)c2ccc3c(c2)oc(=O)n3C)c1. The van der Waals surface area contributed by atoms with Crippen LogP contribution < -0.4 is 10.5 Å². The number of nitrogens with zero attached hydrogens (tertiary/aromatic N) is 2. The lowest BCUT2D eigenvalue weighted by molar-refractivity contribution is 0.520. The van der Waals surface area contributed by atoms with Gasteiger partial charge >= 0.3 is 5.76 Å². The Hall–Kier alpha value is -2.63. The zero-order chi connectivity index (χ0) is 20.0. The Morgan fingerprint density at radius 3 is 2.37 bits per heavy atom. The molecule has 0 atom stereocenters. The van der Waals surface area contributed by atoms with Gasteiger partial charge in [-0.15, -0.1) is 0 Å². The topological polar surface area (TPSA) is 119 Å². The Morgan fingerprint density at radius 2 is 1.70 bits per heavy atom. The predicted molar refractivity (Wildman–Crippen MR) is 99.6 cm³/mol. The van der Waals surface area contributed by atoms with Crippen molar-refractivity contribution in [3.63, 3.8) is 0 Å². The molecule has 0 aliphatic carbocycles. The number of rotatable bonds is 5. The molecule has 0 spiro atoms. The van der Waals surface area contributed by atoms with Crippen molar-refractivity contribution < 1.29 is 21.3 Å². The maximum Gasteiger partial charge on any atom is 0.419 e. The molecule has 0 bridgehead atoms. The van der Waals surface area contributed by atoms with Gasteiger partial charge in [0, 0.05) is 27.2 Å². The molecular formula is C16H17N3O6S2. The zero-order valence-corrected chi connectivity index (χ0v) is 16.3. The van der Waals surface area contributed by atoms with Gasteiger partial charge < -0.3 is 4.42 Å². The van der Waals surface area contributed by atoms with E-state index in [1.807, 2.05) is 0 Å². The minimum Gasteiger partial charge on any atom is -0.408 e. The van der Waals surface area contributed by atoms with E-state index in [9.17, 15) is 21.6 Å². The van der Waals surface area contributed by atoms with Crippen molar-refractivity contribution in [2.45, 2.75) is 9.79 Å². The fourth-order valence-electron chi connectivity index (χ4n) is 2.43. The van der Waals surface area contributed by atoms with Crippen LogP contribution in [0.1, 0.15) is 0 Å². The first kappa shape index (κ1) is 19.1. The van der Waals surface area contributed by atoms with Crippen LogP contribution in [0.2, 0.25) is 0 Å². The highest BCUT2D eigenvalue weighted by molar-refractivity contribution is 7.92. The standard InChI is InChI=1S/C16H17N3O6S2/c1-18(2)27(23,24)13-6-4-5-11(9-13)17-26(21,22)12-7-8-14-15(10-12)25-16(20)19(14)3/h4-10,17H,1-3H3. The quantitative estimate of drug-likeness (QED) is 0.673. The average Bonchev–Trinajstić information content (AvgIpc) is 2.88. The third-order valence-corrected chi connectivity index (χ3v) is 7.13. The summed E-state index contributed by atoms with van der Waals surface area (Å²) in [6.45, 7) is 0. The van der Waals surface area contributed by atoms with E-state index in [2.05, 4.69) is 4.72 Å². The van der Waals surface area contributed by atoms with Crippen LogP contribution in [0.25, 0.3) is 11.1 Å². The summed E-state index contributed by atoms with van der Waals surface area (Å²) in [5.41, 5.74) is 0.680. The maximum absolute atomic E-state index is 12.6. The molecule has 2 aromatic carbocycles. The molecule has 0 unspecified atom stereocenters. The number of nitrogens with one attached hydrogen (secondary N) is 1. The summed E-state index contributed by atoms with van der Waals surface area (Å²) in [7, 11) is -3.45. The number of hydrogen-bond donors (Lipinski definition) is 1. The monoisotopic (exact) mass is 411 g/mol. The Morgan fingerprint density at radius 1 is 1.00 bits per heavy atom. The molecule has 0 amide bonds. The van der Waals surface area contributed by atoms with E-state index in [0.717, 1.165) is 4.31 Å². The van der Waals surface area contributed by atoms with Crippen LogP contribution in [0.15, 0.2) is 61.5 Å². The lowest BCUT2D eigenvalue weighted by Crippen LogP contribution is -2.22. The molecule has 144 valence electrons. The molecule has 0 aliphatic heterocycles. The molecule has 1 aromatic heterocycles. The second kappa shape index (κ2) is 6.51. The van der Waals surface area contributed by atoms with Gasteiger partial charge in [-0.2, -0.15) is 0 Å². The second-order valence-corrected chi connectivity index (χ2v) is 9.81. The molecular weight excluding hydrogens is 394 g/mol. The Labute approximate surface area is 155 Å². The van der Waals surface area contributed by atoms with E-state index in [1.165, 1.54) is 68.2 Å². The molecule has 0 saturated heterocycles. The van der Waals surface area contributed by atoms with Crippen molar-refractivity contribution in [2.24, 2.45) is 7.05 Å². The minimum absolute atomic E-state index is 0.0443. The Bertz CT molecular complexity index is 1290. The van der Waals surface area contributed by atoms with E-state index >= 15 is 0 Å². The summed E-state index contributed by atoms with van der Waals surface area (Å²) in [6, 6.07) is 9.51. The molecule has 3 aromatic rings. The van der Waals surface area contributed by atoms with Gasteiger partial charge in [0.1, 0.15) is 0 Å². The number of hydrogen-bond acceptors (Lipinski definition) is 6. The smallest absolute Gasteiger partial charge is 0.408 e. The van der Waals surface area contributed by atoms with Crippen LogP contribution in [-0.4, -0.2) is 39.8 Å². The molecule has 1 heterocycles. The lowest BCUT2D eigenvalue weighted by Gasteiger charge is -2.13. The van der Waals surface area contributed by atoms with Crippen LogP contribution in [0.4, 0.5) is 5.69 Å². The summed E-state index contributed by atoms with van der Waals surface area (Å²) in [6.07, 6.45) is 0. The van der Waals surface area contributed by atoms with E-state index < -0.39 is 25.8 Å². The van der Waals surface area contributed by atoms with Gasteiger partial charge in [0.25, 0.3) is 10.0 Å². The number of oxazole rings is 1. The van der Waals surface area contributed by atoms with Gasteiger partial charge in [0.2, 0.25) is 10.0 Å². The zero-order valence-electron chi connectivity index (χ0n) is 14.7. The molecule has 0 aliphatic rings. The molecule has 11 heteroatoms. The van der Waals surface area contributed by atoms with Gasteiger partial charge in [0.15, 0.2) is 5.58 Å². The molecule has 3 rings (SSSR count). The Kier molecular flexibility index (Phi) is 4.62. The number of aryl methyl sites for hydroxylation is 1. The first-order chi connectivity index (χ1) is 12.5. The van der Waals surface area contributed by atoms with E-state index in [0.29, 0.717) is 5.52 Å². The number of anilines is 1. The first-order valence-electron chi connectivity index (χ1n) is 7.67. The lowest BCUT2D eigenvalue weighted by atomic mass is 10.3. The van der Waals surface area contributed by atoms with Crippen LogP contribution in [0.3, 0.4) is 0 Å². The summed E-state index contributed by atoms with van der Waals surface area (Å²) in [4.78, 5) is 11.4. The highest BCUT2D eigenvalue weighted by Gasteiger charge is 2.20. The minimum atomic E-state index is -4.02. The summed E-state index contributed by atoms with van der Waals surface area (Å²) >= 11 is 0. The Balaban J connectivity index is 1.99. The summed E-state index contributed by atoms with van der Waals surface area (Å²) in [5, 5.41) is 0. The fourth-order valence-corrected chi connectivity index (χ4v) is 4.44. The van der Waals surface area contributed by atoms with E-state index in [4.69, 9.17) is 4.42 Å². The highest BCUT2D eigenvalue weighted by Crippen LogP contribution is 2.23. The van der Waals surface area contributed by atoms with Crippen LogP contribution in [0, 0.1) is 0 Å². The van der Waals surface area contributed by atoms with Crippen molar-refractivity contribution in [1.82, 2.24) is 8.87 Å². The van der Waals surface area contributed by atoms with Gasteiger partial charge in [-0.05, 0) is 30.3 Å². The van der Waals surface area contributed by atoms with Crippen molar-refractivity contribution in [3.05, 3.63) is 53.0 Å². The van der Waals surface area contributed by atoms with Gasteiger partial charge in [-0.3, -0.25) is 9.29 Å². The van der Waals surface area contributed by atoms with Crippen LogP contribution in [0.5, 0.6) is 0 Å². The summed E-state index contributed by atoms with van der Waals surface area (Å²) < 4.78 is 59.3. The molecule has 27 heavy (non-hydrogen) atoms. The third-order valence-electron chi connectivity index (χ3n) is 3.94. The number of fused-ring (bicyclic) bond motifs is 1. The number of aromatic nitrogens is 1. The first-order valence-corrected chi connectivity index (χ1v) is 10.6. The fraction of sp³-hybridized carbons (Fsp3) is 0.188. The maximum atomic E-state index is 12.6. The predicted octanol–water partition coefficient (Wildman–Crippen LogP) is 1.18. The molecule has 0 fully saturated rings.